The fraction of sp³-hybridized carbons (Fsp3) is 0.364. The second kappa shape index (κ2) is 5.56. The van der Waals surface area contributed by atoms with Crippen molar-refractivity contribution in [3.05, 3.63) is 29.6 Å². The molecule has 6 heteroatoms. The van der Waals surface area contributed by atoms with Crippen LogP contribution in [0.15, 0.2) is 18.2 Å². The third-order valence-corrected chi connectivity index (χ3v) is 3.40. The van der Waals surface area contributed by atoms with E-state index in [0.29, 0.717) is 0 Å². The fourth-order valence-electron chi connectivity index (χ4n) is 1.18. The molecule has 3 nitrogen and oxygen atoms in total. The molecule has 0 saturated carbocycles. The van der Waals surface area contributed by atoms with E-state index in [9.17, 15) is 14.3 Å². The molecule has 0 aliphatic rings. The summed E-state index contributed by atoms with van der Waals surface area (Å²) in [6.07, 6.45) is 0. The first-order chi connectivity index (χ1) is 7.93. The molecule has 1 amide bonds. The van der Waals surface area contributed by atoms with E-state index in [2.05, 4.69) is 5.32 Å². The van der Waals surface area contributed by atoms with Gasteiger partial charge in [0.25, 0.3) is 5.91 Å². The average molecular weight is 280 g/mol. The minimum Gasteiger partial charge on any atom is -0.507 e. The highest BCUT2D eigenvalue weighted by molar-refractivity contribution is 6.22. The molecule has 1 rings (SSSR count). The lowest BCUT2D eigenvalue weighted by Gasteiger charge is -2.26. The highest BCUT2D eigenvalue weighted by Gasteiger charge is 2.27. The average Bonchev–Trinajstić information content (AvgIpc) is 2.28. The lowest BCUT2D eigenvalue weighted by Crippen LogP contribution is -2.49. The Labute approximate surface area is 109 Å². The number of carbonyl (C=O) groups is 1. The maximum Gasteiger partial charge on any atom is 0.258 e. The molecule has 0 aromatic heterocycles. The Morgan fingerprint density at radius 3 is 2.53 bits per heavy atom. The SMILES string of the molecule is CC(CCl)(CCl)NC(=O)c1c(O)cccc1F. The van der Waals surface area contributed by atoms with E-state index in [-0.39, 0.29) is 11.8 Å². The van der Waals surface area contributed by atoms with E-state index in [1.807, 2.05) is 0 Å². The summed E-state index contributed by atoms with van der Waals surface area (Å²) in [7, 11) is 0. The summed E-state index contributed by atoms with van der Waals surface area (Å²) in [5.41, 5.74) is -1.26. The second-order valence-electron chi connectivity index (χ2n) is 3.92. The molecule has 0 spiro atoms. The number of rotatable bonds is 4. The first-order valence-electron chi connectivity index (χ1n) is 4.85. The van der Waals surface area contributed by atoms with E-state index in [1.54, 1.807) is 6.92 Å². The van der Waals surface area contributed by atoms with Crippen molar-refractivity contribution in [2.45, 2.75) is 12.5 Å². The van der Waals surface area contributed by atoms with Crippen LogP contribution in [0.2, 0.25) is 0 Å². The molecule has 0 heterocycles. The summed E-state index contributed by atoms with van der Waals surface area (Å²) < 4.78 is 13.4. The summed E-state index contributed by atoms with van der Waals surface area (Å²) in [5.74, 6) is -1.80. The number of hydrogen-bond acceptors (Lipinski definition) is 2. The van der Waals surface area contributed by atoms with Gasteiger partial charge in [-0.25, -0.2) is 4.39 Å². The Hall–Kier alpha value is -1.00. The van der Waals surface area contributed by atoms with Crippen molar-refractivity contribution in [2.75, 3.05) is 11.8 Å². The number of halogens is 3. The fourth-order valence-corrected chi connectivity index (χ4v) is 1.60. The van der Waals surface area contributed by atoms with Crippen LogP contribution in [-0.2, 0) is 0 Å². The number of carbonyl (C=O) groups excluding carboxylic acids is 1. The van der Waals surface area contributed by atoms with Gasteiger partial charge in [-0.2, -0.15) is 0 Å². The monoisotopic (exact) mass is 279 g/mol. The maximum absolute atomic E-state index is 13.4. The molecule has 17 heavy (non-hydrogen) atoms. The van der Waals surface area contributed by atoms with E-state index in [4.69, 9.17) is 23.2 Å². The lowest BCUT2D eigenvalue weighted by molar-refractivity contribution is 0.0914. The molecule has 1 aromatic carbocycles. The molecule has 0 bridgehead atoms. The van der Waals surface area contributed by atoms with Crippen LogP contribution in [0.5, 0.6) is 5.75 Å². The standard InChI is InChI=1S/C11H12Cl2FNO2/c1-11(5-12,6-13)15-10(17)9-7(14)3-2-4-8(9)16/h2-4,16H,5-6H2,1H3,(H,15,17). The van der Waals surface area contributed by atoms with Gasteiger partial charge in [0.15, 0.2) is 0 Å². The van der Waals surface area contributed by atoms with Crippen LogP contribution in [0.4, 0.5) is 4.39 Å². The van der Waals surface area contributed by atoms with Crippen molar-refractivity contribution in [1.82, 2.24) is 5.32 Å². The van der Waals surface area contributed by atoms with Gasteiger partial charge in [0.2, 0.25) is 0 Å². The minimum atomic E-state index is -0.852. The number of phenols is 1. The molecule has 0 aliphatic heterocycles. The summed E-state index contributed by atoms with van der Waals surface area (Å²) >= 11 is 11.3. The van der Waals surface area contributed by atoms with Gasteiger partial charge in [0, 0.05) is 11.8 Å². The van der Waals surface area contributed by atoms with Gasteiger partial charge in [-0.05, 0) is 19.1 Å². The summed E-state index contributed by atoms with van der Waals surface area (Å²) in [4.78, 5) is 11.8. The second-order valence-corrected chi connectivity index (χ2v) is 4.45. The largest absolute Gasteiger partial charge is 0.507 e. The third kappa shape index (κ3) is 3.23. The summed E-state index contributed by atoms with van der Waals surface area (Å²) in [6, 6.07) is 3.63. The number of aromatic hydroxyl groups is 1. The van der Waals surface area contributed by atoms with Crippen LogP contribution in [0.1, 0.15) is 17.3 Å². The predicted octanol–water partition coefficient (Wildman–Crippen LogP) is 2.50. The van der Waals surface area contributed by atoms with E-state index < -0.39 is 28.6 Å². The molecule has 0 radical (unpaired) electrons. The van der Waals surface area contributed by atoms with Crippen LogP contribution < -0.4 is 5.32 Å². The number of hydrogen-bond donors (Lipinski definition) is 2. The van der Waals surface area contributed by atoms with Crippen molar-refractivity contribution >= 4 is 29.1 Å². The number of nitrogens with one attached hydrogen (secondary N) is 1. The first-order valence-corrected chi connectivity index (χ1v) is 5.92. The van der Waals surface area contributed by atoms with E-state index in [1.165, 1.54) is 12.1 Å². The Kier molecular flexibility index (Phi) is 4.60. The molecule has 0 fully saturated rings. The van der Waals surface area contributed by atoms with Gasteiger partial charge in [0.1, 0.15) is 17.1 Å². The molecular formula is C11H12Cl2FNO2. The highest BCUT2D eigenvalue weighted by atomic mass is 35.5. The number of phenolic OH excluding ortho intramolecular Hbond substituents is 1. The predicted molar refractivity (Wildman–Crippen MR) is 65.4 cm³/mol. The lowest BCUT2D eigenvalue weighted by atomic mass is 10.1. The van der Waals surface area contributed by atoms with Crippen molar-refractivity contribution in [2.24, 2.45) is 0 Å². The number of benzene rings is 1. The van der Waals surface area contributed by atoms with E-state index in [0.717, 1.165) is 6.07 Å². The van der Waals surface area contributed by atoms with Gasteiger partial charge in [-0.1, -0.05) is 6.07 Å². The zero-order valence-corrected chi connectivity index (χ0v) is 10.6. The highest BCUT2D eigenvalue weighted by Crippen LogP contribution is 2.21. The zero-order valence-electron chi connectivity index (χ0n) is 9.14. The van der Waals surface area contributed by atoms with Crippen molar-refractivity contribution in [3.63, 3.8) is 0 Å². The molecule has 0 saturated heterocycles. The maximum atomic E-state index is 13.4. The number of alkyl halides is 2. The van der Waals surface area contributed by atoms with Gasteiger partial charge < -0.3 is 10.4 Å². The molecule has 94 valence electrons. The van der Waals surface area contributed by atoms with Crippen LogP contribution in [0.25, 0.3) is 0 Å². The van der Waals surface area contributed by atoms with Gasteiger partial charge in [0.05, 0.1) is 5.54 Å². The molecule has 2 N–H and O–H groups in total. The topological polar surface area (TPSA) is 49.3 Å². The zero-order chi connectivity index (χ0) is 13.1. The van der Waals surface area contributed by atoms with Crippen LogP contribution in [-0.4, -0.2) is 28.3 Å². The van der Waals surface area contributed by atoms with Gasteiger partial charge >= 0.3 is 0 Å². The van der Waals surface area contributed by atoms with Crippen LogP contribution in [0.3, 0.4) is 0 Å². The Balaban J connectivity index is 2.98. The smallest absolute Gasteiger partial charge is 0.258 e. The Bertz CT molecular complexity index is 402. The summed E-state index contributed by atoms with van der Waals surface area (Å²) in [6.45, 7) is 1.63. The molecule has 0 aliphatic carbocycles. The normalized spacial score (nSPS) is 11.3. The van der Waals surface area contributed by atoms with Crippen molar-refractivity contribution in [1.29, 1.82) is 0 Å². The Morgan fingerprint density at radius 2 is 2.06 bits per heavy atom. The first kappa shape index (κ1) is 14.1. The molecule has 1 aromatic rings. The van der Waals surface area contributed by atoms with E-state index >= 15 is 0 Å². The van der Waals surface area contributed by atoms with Crippen LogP contribution in [0, 0.1) is 5.82 Å². The Morgan fingerprint density at radius 1 is 1.47 bits per heavy atom. The van der Waals surface area contributed by atoms with Crippen LogP contribution >= 0.6 is 23.2 Å². The number of amides is 1. The van der Waals surface area contributed by atoms with Crippen molar-refractivity contribution < 1.29 is 14.3 Å². The quantitative estimate of drug-likeness (QED) is 0.832. The summed E-state index contributed by atoms with van der Waals surface area (Å²) in [5, 5.41) is 11.9. The minimum absolute atomic E-state index is 0.0808. The molecule has 0 unspecified atom stereocenters. The third-order valence-electron chi connectivity index (χ3n) is 2.22. The van der Waals surface area contributed by atoms with Gasteiger partial charge in [-0.15, -0.1) is 23.2 Å². The van der Waals surface area contributed by atoms with Crippen molar-refractivity contribution in [3.8, 4) is 5.75 Å². The van der Waals surface area contributed by atoms with Gasteiger partial charge in [-0.3, -0.25) is 4.79 Å². The molecule has 0 atom stereocenters. The molecular weight excluding hydrogens is 268 g/mol.